The van der Waals surface area contributed by atoms with E-state index in [-0.39, 0.29) is 37.3 Å². The molecule has 200 valence electrons. The summed E-state index contributed by atoms with van der Waals surface area (Å²) in [6, 6.07) is 11.9. The number of hydrogen-bond acceptors (Lipinski definition) is 8. The number of hydrogen-bond donors (Lipinski definition) is 2. The maximum Gasteiger partial charge on any atom is 0.188 e. The second-order valence-electron chi connectivity index (χ2n) is 11.4. The minimum absolute atomic E-state index is 0.0526. The van der Waals surface area contributed by atoms with Crippen LogP contribution in [0.4, 0.5) is 0 Å². The van der Waals surface area contributed by atoms with Crippen molar-refractivity contribution in [3.63, 3.8) is 0 Å². The van der Waals surface area contributed by atoms with Crippen molar-refractivity contribution in [1.82, 2.24) is 30.4 Å². The molecule has 2 N–H and O–H groups in total. The van der Waals surface area contributed by atoms with Crippen LogP contribution in [-0.2, 0) is 37.3 Å². The van der Waals surface area contributed by atoms with Crippen molar-refractivity contribution in [2.75, 3.05) is 0 Å². The van der Waals surface area contributed by atoms with Gasteiger partial charge >= 0.3 is 0 Å². The largest absolute Gasteiger partial charge is 0.482 e. The minimum atomic E-state index is -0.0531. The van der Waals surface area contributed by atoms with Crippen molar-refractivity contribution in [2.24, 2.45) is 0 Å². The molecular formula is C28H34N6O4. The molecule has 0 spiro atoms. The van der Waals surface area contributed by atoms with Crippen LogP contribution in [0.1, 0.15) is 76.0 Å². The Morgan fingerprint density at radius 3 is 1.39 bits per heavy atom. The Hall–Kier alpha value is -4.08. The van der Waals surface area contributed by atoms with E-state index in [0.29, 0.717) is 46.3 Å². The van der Waals surface area contributed by atoms with Crippen LogP contribution in [0.2, 0.25) is 0 Å². The van der Waals surface area contributed by atoms with E-state index in [9.17, 15) is 0 Å². The molecule has 5 rings (SSSR count). The second kappa shape index (κ2) is 10.00. The maximum atomic E-state index is 6.14. The van der Waals surface area contributed by atoms with Crippen LogP contribution < -0.4 is 18.9 Å². The van der Waals surface area contributed by atoms with Gasteiger partial charge in [-0.1, -0.05) is 53.7 Å². The third-order valence-corrected chi connectivity index (χ3v) is 6.22. The average Bonchev–Trinajstić information content (AvgIpc) is 3.51. The minimum Gasteiger partial charge on any atom is -0.482 e. The van der Waals surface area contributed by atoms with Crippen molar-refractivity contribution >= 4 is 0 Å². The molecular weight excluding hydrogens is 484 g/mol. The van der Waals surface area contributed by atoms with Crippen LogP contribution in [0.15, 0.2) is 36.4 Å². The van der Waals surface area contributed by atoms with Gasteiger partial charge in [0.2, 0.25) is 0 Å². The van der Waals surface area contributed by atoms with E-state index in [1.54, 1.807) is 0 Å². The van der Waals surface area contributed by atoms with Gasteiger partial charge in [0.15, 0.2) is 46.3 Å². The van der Waals surface area contributed by atoms with Crippen LogP contribution in [0.25, 0.3) is 0 Å². The van der Waals surface area contributed by atoms with Gasteiger partial charge < -0.3 is 18.9 Å². The normalized spacial score (nSPS) is 14.5. The molecule has 0 amide bonds. The zero-order valence-corrected chi connectivity index (χ0v) is 22.7. The highest BCUT2D eigenvalue weighted by molar-refractivity contribution is 5.46. The molecule has 2 aromatic carbocycles. The number of benzene rings is 2. The standard InChI is InChI=1S/C28H34N6O4/c1-27(2,3)17-7-9-19-21(11-17)37-15-25-30-26(34-33-25)16-38-22-12-18(28(4,5)6)8-10-20(22)36-14-24-29-23(13-35-19)31-32-24/h7-12H,13-16H2,1-6H3,(H,29,31,32)(H,30,33,34). The molecule has 0 unspecified atom stereocenters. The van der Waals surface area contributed by atoms with Crippen LogP contribution in [0.5, 0.6) is 23.0 Å². The third kappa shape index (κ3) is 5.90. The SMILES string of the molecule is CC(C)(C)c1ccc2c(c1)OCc1n[nH]c(n1)COc1cc(C(C)(C)C)ccc1OCc1n[nH]c(n1)CO2. The third-order valence-electron chi connectivity index (χ3n) is 6.22. The number of ether oxygens (including phenoxy) is 4. The predicted octanol–water partition coefficient (Wildman–Crippen LogP) is 5.15. The second-order valence-corrected chi connectivity index (χ2v) is 11.4. The molecule has 0 aliphatic carbocycles. The molecule has 38 heavy (non-hydrogen) atoms. The van der Waals surface area contributed by atoms with Crippen molar-refractivity contribution in [3.05, 3.63) is 70.8 Å². The summed E-state index contributed by atoms with van der Waals surface area (Å²) in [6.45, 7) is 13.6. The molecule has 3 heterocycles. The number of H-pyrrole nitrogens is 2. The quantitative estimate of drug-likeness (QED) is 0.328. The molecule has 10 heteroatoms. The molecule has 10 nitrogen and oxygen atoms in total. The molecule has 1 aliphatic heterocycles. The van der Waals surface area contributed by atoms with E-state index in [1.807, 2.05) is 36.4 Å². The number of rotatable bonds is 0. The van der Waals surface area contributed by atoms with Gasteiger partial charge in [0.1, 0.15) is 26.4 Å². The van der Waals surface area contributed by atoms with Gasteiger partial charge in [-0.25, -0.2) is 9.97 Å². The van der Waals surface area contributed by atoms with Crippen LogP contribution in [0, 0.1) is 0 Å². The molecule has 0 saturated heterocycles. The number of aromatic amines is 2. The lowest BCUT2D eigenvalue weighted by molar-refractivity contribution is 0.242. The molecule has 4 aromatic rings. The molecule has 0 atom stereocenters. The zero-order chi connectivity index (χ0) is 26.9. The van der Waals surface area contributed by atoms with Crippen molar-refractivity contribution in [1.29, 1.82) is 0 Å². The Labute approximate surface area is 222 Å². The Morgan fingerprint density at radius 1 is 0.553 bits per heavy atom. The first-order valence-corrected chi connectivity index (χ1v) is 12.7. The number of fused-ring (bicyclic) bond motifs is 6. The highest BCUT2D eigenvalue weighted by Gasteiger charge is 2.20. The Morgan fingerprint density at radius 2 is 0.947 bits per heavy atom. The van der Waals surface area contributed by atoms with Gasteiger partial charge in [-0.15, -0.1) is 0 Å². The lowest BCUT2D eigenvalue weighted by atomic mass is 9.87. The first-order valence-electron chi connectivity index (χ1n) is 12.7. The summed E-state index contributed by atoms with van der Waals surface area (Å²) >= 11 is 0. The monoisotopic (exact) mass is 518 g/mol. The molecule has 0 saturated carbocycles. The fourth-order valence-electron chi connectivity index (χ4n) is 3.92. The predicted molar refractivity (Wildman–Crippen MR) is 140 cm³/mol. The first-order chi connectivity index (χ1) is 18.0. The summed E-state index contributed by atoms with van der Waals surface area (Å²) in [7, 11) is 0. The fraction of sp³-hybridized carbons (Fsp3) is 0.429. The van der Waals surface area contributed by atoms with Crippen LogP contribution in [0.3, 0.4) is 0 Å². The Bertz CT molecular complexity index is 1310. The van der Waals surface area contributed by atoms with Gasteiger partial charge in [0.05, 0.1) is 0 Å². The zero-order valence-electron chi connectivity index (χ0n) is 22.7. The number of nitrogens with zero attached hydrogens (tertiary/aromatic N) is 4. The smallest absolute Gasteiger partial charge is 0.188 e. The summed E-state index contributed by atoms with van der Waals surface area (Å²) in [5, 5.41) is 14.5. The van der Waals surface area contributed by atoms with Gasteiger partial charge in [-0.2, -0.15) is 10.2 Å². The molecule has 2 aromatic heterocycles. The molecule has 4 bridgehead atoms. The summed E-state index contributed by atoms with van der Waals surface area (Å²) in [4.78, 5) is 9.07. The van der Waals surface area contributed by atoms with Gasteiger partial charge in [-0.05, 0) is 46.2 Å². The van der Waals surface area contributed by atoms with E-state index in [0.717, 1.165) is 11.1 Å². The van der Waals surface area contributed by atoms with Crippen LogP contribution in [-0.4, -0.2) is 30.4 Å². The van der Waals surface area contributed by atoms with E-state index in [4.69, 9.17) is 18.9 Å². The summed E-state index contributed by atoms with van der Waals surface area (Å²) in [6.07, 6.45) is 0. The maximum absolute atomic E-state index is 6.14. The highest BCUT2D eigenvalue weighted by Crippen LogP contribution is 2.35. The number of nitrogens with one attached hydrogen (secondary N) is 2. The van der Waals surface area contributed by atoms with Crippen molar-refractivity contribution in [3.8, 4) is 23.0 Å². The fourth-order valence-corrected chi connectivity index (χ4v) is 3.92. The highest BCUT2D eigenvalue weighted by atomic mass is 16.5. The lowest BCUT2D eigenvalue weighted by Crippen LogP contribution is -2.12. The van der Waals surface area contributed by atoms with Crippen molar-refractivity contribution in [2.45, 2.75) is 78.8 Å². The van der Waals surface area contributed by atoms with Gasteiger partial charge in [0.25, 0.3) is 0 Å². The first kappa shape index (κ1) is 25.6. The summed E-state index contributed by atoms with van der Waals surface area (Å²) in [5.74, 6) is 4.57. The topological polar surface area (TPSA) is 120 Å². The molecule has 1 aliphatic rings. The Kier molecular flexibility index (Phi) is 6.73. The van der Waals surface area contributed by atoms with Crippen LogP contribution >= 0.6 is 0 Å². The Balaban J connectivity index is 1.46. The van der Waals surface area contributed by atoms with E-state index in [1.165, 1.54) is 0 Å². The molecule has 0 fully saturated rings. The molecule has 0 radical (unpaired) electrons. The van der Waals surface area contributed by atoms with Gasteiger partial charge in [0, 0.05) is 0 Å². The van der Waals surface area contributed by atoms with Crippen molar-refractivity contribution < 1.29 is 18.9 Å². The van der Waals surface area contributed by atoms with E-state index < -0.39 is 0 Å². The lowest BCUT2D eigenvalue weighted by Gasteiger charge is -2.21. The average molecular weight is 519 g/mol. The summed E-state index contributed by atoms with van der Waals surface area (Å²) < 4.78 is 24.4. The van der Waals surface area contributed by atoms with Gasteiger partial charge in [-0.3, -0.25) is 10.2 Å². The summed E-state index contributed by atoms with van der Waals surface area (Å²) in [5.41, 5.74) is 2.14. The van der Waals surface area contributed by atoms with E-state index >= 15 is 0 Å². The van der Waals surface area contributed by atoms with E-state index in [2.05, 4.69) is 71.9 Å². The number of aromatic nitrogens is 6.